The highest BCUT2D eigenvalue weighted by Crippen LogP contribution is 2.12. The van der Waals surface area contributed by atoms with E-state index in [4.69, 9.17) is 5.73 Å². The van der Waals surface area contributed by atoms with Crippen LogP contribution in [0, 0.1) is 5.82 Å². The molecule has 2 heterocycles. The van der Waals surface area contributed by atoms with Crippen LogP contribution in [0.1, 0.15) is 12.1 Å². The average Bonchev–Trinajstić information content (AvgIpc) is 3.09. The van der Waals surface area contributed by atoms with Crippen molar-refractivity contribution in [3.8, 4) is 5.69 Å². The number of amides is 1. The Morgan fingerprint density at radius 2 is 2.10 bits per heavy atom. The Labute approximate surface area is 122 Å². The predicted molar refractivity (Wildman–Crippen MR) is 76.4 cm³/mol. The van der Waals surface area contributed by atoms with E-state index in [1.807, 2.05) is 0 Å². The maximum atomic E-state index is 12.9. The van der Waals surface area contributed by atoms with Crippen LogP contribution in [-0.4, -0.2) is 39.7 Å². The highest BCUT2D eigenvalue weighted by molar-refractivity contribution is 5.78. The van der Waals surface area contributed by atoms with Gasteiger partial charge in [-0.15, -0.1) is 0 Å². The lowest BCUT2D eigenvalue weighted by Crippen LogP contribution is -2.33. The van der Waals surface area contributed by atoms with E-state index in [0.717, 1.165) is 18.7 Å². The maximum absolute atomic E-state index is 12.9. The highest BCUT2D eigenvalue weighted by Gasteiger charge is 2.23. The van der Waals surface area contributed by atoms with Crippen LogP contribution >= 0.6 is 0 Å². The predicted octanol–water partition coefficient (Wildman–Crippen LogP) is 1.11. The number of nitrogens with zero attached hydrogens (tertiary/aromatic N) is 3. The lowest BCUT2D eigenvalue weighted by atomic mass is 10.3. The number of carbonyl (C=O) groups excluding carboxylic acids is 1. The van der Waals surface area contributed by atoms with Gasteiger partial charge < -0.3 is 10.6 Å². The van der Waals surface area contributed by atoms with Gasteiger partial charge in [-0.1, -0.05) is 0 Å². The molecule has 6 heteroatoms. The van der Waals surface area contributed by atoms with Gasteiger partial charge in [-0.05, 0) is 36.8 Å². The fraction of sp³-hybridized carbons (Fsp3) is 0.333. The molecular weight excluding hydrogens is 271 g/mol. The molecule has 2 N–H and O–H groups in total. The first-order valence-electron chi connectivity index (χ1n) is 6.95. The standard InChI is InChI=1S/C15H17FN4O/c16-11-1-3-14(4-2-11)20-8-6-13(18-20)9-15(21)19-7-5-12(17)10-19/h1-4,6,8,12H,5,7,9-10,17H2/t12-/m1/s1. The summed E-state index contributed by atoms with van der Waals surface area (Å²) in [5, 5.41) is 4.36. The molecule has 5 nitrogen and oxygen atoms in total. The third kappa shape index (κ3) is 3.11. The van der Waals surface area contributed by atoms with Crippen LogP contribution in [0.4, 0.5) is 4.39 Å². The van der Waals surface area contributed by atoms with E-state index in [9.17, 15) is 9.18 Å². The van der Waals surface area contributed by atoms with Crippen LogP contribution in [-0.2, 0) is 11.2 Å². The molecule has 1 aliphatic rings. The van der Waals surface area contributed by atoms with Crippen molar-refractivity contribution < 1.29 is 9.18 Å². The van der Waals surface area contributed by atoms with Gasteiger partial charge in [0.1, 0.15) is 5.82 Å². The van der Waals surface area contributed by atoms with Crippen molar-refractivity contribution >= 4 is 5.91 Å². The van der Waals surface area contributed by atoms with Gasteiger partial charge in [0, 0.05) is 25.3 Å². The molecule has 0 bridgehead atoms. The van der Waals surface area contributed by atoms with Crippen LogP contribution in [0.5, 0.6) is 0 Å². The molecule has 1 aromatic heterocycles. The average molecular weight is 288 g/mol. The van der Waals surface area contributed by atoms with Gasteiger partial charge in [0.15, 0.2) is 0 Å². The van der Waals surface area contributed by atoms with Crippen molar-refractivity contribution in [3.63, 3.8) is 0 Å². The third-order valence-electron chi connectivity index (χ3n) is 3.65. The van der Waals surface area contributed by atoms with E-state index in [-0.39, 0.29) is 24.2 Å². The Bertz CT molecular complexity index is 637. The van der Waals surface area contributed by atoms with Crippen molar-refractivity contribution in [2.45, 2.75) is 18.9 Å². The molecule has 0 saturated carbocycles. The number of halogens is 1. The summed E-state index contributed by atoms with van der Waals surface area (Å²) in [5.41, 5.74) is 7.27. The molecule has 1 fully saturated rings. The molecule has 1 aliphatic heterocycles. The van der Waals surface area contributed by atoms with E-state index < -0.39 is 0 Å². The van der Waals surface area contributed by atoms with Crippen molar-refractivity contribution in [2.24, 2.45) is 5.73 Å². The molecule has 3 rings (SSSR count). The van der Waals surface area contributed by atoms with E-state index >= 15 is 0 Å². The molecule has 1 amide bonds. The zero-order chi connectivity index (χ0) is 14.8. The highest BCUT2D eigenvalue weighted by atomic mass is 19.1. The summed E-state index contributed by atoms with van der Waals surface area (Å²) >= 11 is 0. The van der Waals surface area contributed by atoms with Crippen LogP contribution in [0.3, 0.4) is 0 Å². The fourth-order valence-electron chi connectivity index (χ4n) is 2.47. The van der Waals surface area contributed by atoms with Crippen LogP contribution < -0.4 is 5.73 Å². The molecule has 0 radical (unpaired) electrons. The largest absolute Gasteiger partial charge is 0.341 e. The van der Waals surface area contributed by atoms with Gasteiger partial charge in [-0.3, -0.25) is 4.79 Å². The topological polar surface area (TPSA) is 64.2 Å². The minimum absolute atomic E-state index is 0.0484. The number of nitrogens with two attached hydrogens (primary N) is 1. The SMILES string of the molecule is N[C@@H]1CCN(C(=O)Cc2ccn(-c3ccc(F)cc3)n2)C1. The Kier molecular flexibility index (Phi) is 3.70. The summed E-state index contributed by atoms with van der Waals surface area (Å²) in [6.07, 6.45) is 2.89. The fourth-order valence-corrected chi connectivity index (χ4v) is 2.47. The number of carbonyl (C=O) groups is 1. The molecule has 0 aliphatic carbocycles. The molecular formula is C15H17FN4O. The van der Waals surface area contributed by atoms with Gasteiger partial charge in [-0.25, -0.2) is 9.07 Å². The third-order valence-corrected chi connectivity index (χ3v) is 3.65. The Morgan fingerprint density at radius 1 is 1.33 bits per heavy atom. The van der Waals surface area contributed by atoms with E-state index in [1.165, 1.54) is 12.1 Å². The van der Waals surface area contributed by atoms with Crippen molar-refractivity contribution in [1.82, 2.24) is 14.7 Å². The number of likely N-dealkylation sites (tertiary alicyclic amines) is 1. The summed E-state index contributed by atoms with van der Waals surface area (Å²) in [4.78, 5) is 13.9. The number of aromatic nitrogens is 2. The summed E-state index contributed by atoms with van der Waals surface area (Å²) in [7, 11) is 0. The van der Waals surface area contributed by atoms with Crippen LogP contribution in [0.25, 0.3) is 5.69 Å². The molecule has 1 atom stereocenters. The zero-order valence-corrected chi connectivity index (χ0v) is 11.6. The van der Waals surface area contributed by atoms with Gasteiger partial charge in [0.05, 0.1) is 17.8 Å². The Morgan fingerprint density at radius 3 is 2.76 bits per heavy atom. The smallest absolute Gasteiger partial charge is 0.228 e. The lowest BCUT2D eigenvalue weighted by molar-refractivity contribution is -0.129. The molecule has 1 saturated heterocycles. The number of hydrogen-bond acceptors (Lipinski definition) is 3. The van der Waals surface area contributed by atoms with E-state index in [1.54, 1.807) is 34.0 Å². The number of hydrogen-bond donors (Lipinski definition) is 1. The van der Waals surface area contributed by atoms with Crippen molar-refractivity contribution in [1.29, 1.82) is 0 Å². The number of benzene rings is 1. The minimum Gasteiger partial charge on any atom is -0.341 e. The van der Waals surface area contributed by atoms with Gasteiger partial charge >= 0.3 is 0 Å². The summed E-state index contributed by atoms with van der Waals surface area (Å²) < 4.78 is 14.5. The van der Waals surface area contributed by atoms with Crippen LogP contribution in [0.2, 0.25) is 0 Å². The molecule has 21 heavy (non-hydrogen) atoms. The van der Waals surface area contributed by atoms with E-state index in [0.29, 0.717) is 12.2 Å². The van der Waals surface area contributed by atoms with E-state index in [2.05, 4.69) is 5.10 Å². The van der Waals surface area contributed by atoms with Gasteiger partial charge in [-0.2, -0.15) is 5.10 Å². The number of rotatable bonds is 3. The van der Waals surface area contributed by atoms with Crippen LogP contribution in [0.15, 0.2) is 36.5 Å². The molecule has 110 valence electrons. The molecule has 0 spiro atoms. The first-order chi connectivity index (χ1) is 10.1. The van der Waals surface area contributed by atoms with Gasteiger partial charge in [0.2, 0.25) is 5.91 Å². The molecule has 0 unspecified atom stereocenters. The second kappa shape index (κ2) is 5.65. The van der Waals surface area contributed by atoms with Crippen molar-refractivity contribution in [2.75, 3.05) is 13.1 Å². The zero-order valence-electron chi connectivity index (χ0n) is 11.6. The summed E-state index contributed by atoms with van der Waals surface area (Å²) in [6, 6.07) is 7.95. The summed E-state index contributed by atoms with van der Waals surface area (Å²) in [6.45, 7) is 1.34. The monoisotopic (exact) mass is 288 g/mol. The molecule has 2 aromatic rings. The normalized spacial score (nSPS) is 18.2. The minimum atomic E-state index is -0.285. The quantitative estimate of drug-likeness (QED) is 0.920. The second-order valence-corrected chi connectivity index (χ2v) is 5.29. The van der Waals surface area contributed by atoms with Gasteiger partial charge in [0.25, 0.3) is 0 Å². The Balaban J connectivity index is 1.67. The second-order valence-electron chi connectivity index (χ2n) is 5.29. The first kappa shape index (κ1) is 13.8. The molecule has 1 aromatic carbocycles. The first-order valence-corrected chi connectivity index (χ1v) is 6.95. The Hall–Kier alpha value is -2.21. The lowest BCUT2D eigenvalue weighted by Gasteiger charge is -2.14. The maximum Gasteiger partial charge on any atom is 0.228 e. The summed E-state index contributed by atoms with van der Waals surface area (Å²) in [5.74, 6) is -0.237. The van der Waals surface area contributed by atoms with Crippen molar-refractivity contribution in [3.05, 3.63) is 48.0 Å².